The third-order valence-corrected chi connectivity index (χ3v) is 6.15. The summed E-state index contributed by atoms with van der Waals surface area (Å²) in [5, 5.41) is 0. The second-order valence-electron chi connectivity index (χ2n) is 6.77. The SMILES string of the molecule is Cc1ccc(S(=O)(=O)Oc2ccc(/C=C3/N=C(c4cccc(Br)c4)OC3=O)cc2)cc1. The third-order valence-electron chi connectivity index (χ3n) is 4.39. The van der Waals surface area contributed by atoms with Crippen molar-refractivity contribution in [3.05, 3.63) is 99.7 Å². The molecule has 1 aliphatic heterocycles. The minimum absolute atomic E-state index is 0.0763. The molecule has 3 aromatic carbocycles. The molecule has 0 aliphatic carbocycles. The van der Waals surface area contributed by atoms with Crippen molar-refractivity contribution in [3.63, 3.8) is 0 Å². The van der Waals surface area contributed by atoms with Gasteiger partial charge in [-0.05, 0) is 61.0 Å². The van der Waals surface area contributed by atoms with Gasteiger partial charge in [-0.1, -0.05) is 51.8 Å². The van der Waals surface area contributed by atoms with Crippen LogP contribution in [-0.4, -0.2) is 20.3 Å². The largest absolute Gasteiger partial charge is 0.402 e. The predicted octanol–water partition coefficient (Wildman–Crippen LogP) is 4.87. The van der Waals surface area contributed by atoms with Crippen LogP contribution in [0, 0.1) is 6.92 Å². The zero-order chi connectivity index (χ0) is 22.0. The van der Waals surface area contributed by atoms with Gasteiger partial charge in [0.15, 0.2) is 5.70 Å². The minimum Gasteiger partial charge on any atom is -0.402 e. The van der Waals surface area contributed by atoms with E-state index in [1.165, 1.54) is 24.3 Å². The number of aryl methyl sites for hydroxylation is 1. The average Bonchev–Trinajstić information content (AvgIpc) is 3.10. The molecule has 0 saturated heterocycles. The van der Waals surface area contributed by atoms with Crippen LogP contribution in [0.3, 0.4) is 0 Å². The van der Waals surface area contributed by atoms with Crippen molar-refractivity contribution in [2.24, 2.45) is 4.99 Å². The van der Waals surface area contributed by atoms with Crippen molar-refractivity contribution in [2.45, 2.75) is 11.8 Å². The first-order valence-corrected chi connectivity index (χ1v) is 11.4. The Hall–Kier alpha value is -3.23. The Labute approximate surface area is 188 Å². The molecule has 4 rings (SSSR count). The number of nitrogens with zero attached hydrogens (tertiary/aromatic N) is 1. The van der Waals surface area contributed by atoms with Gasteiger partial charge in [0, 0.05) is 10.0 Å². The van der Waals surface area contributed by atoms with E-state index >= 15 is 0 Å². The molecular weight excluding hydrogens is 482 g/mol. The number of aliphatic imine (C=N–C) groups is 1. The van der Waals surface area contributed by atoms with Crippen LogP contribution in [0.15, 0.2) is 92.9 Å². The summed E-state index contributed by atoms with van der Waals surface area (Å²) in [6, 6.07) is 20.0. The van der Waals surface area contributed by atoms with Gasteiger partial charge in [-0.2, -0.15) is 8.42 Å². The molecule has 8 heteroatoms. The lowest BCUT2D eigenvalue weighted by molar-refractivity contribution is -0.129. The Morgan fingerprint density at radius 2 is 1.71 bits per heavy atom. The van der Waals surface area contributed by atoms with Gasteiger partial charge >= 0.3 is 16.1 Å². The van der Waals surface area contributed by atoms with E-state index in [2.05, 4.69) is 20.9 Å². The molecule has 156 valence electrons. The Balaban J connectivity index is 1.52. The van der Waals surface area contributed by atoms with Crippen LogP contribution >= 0.6 is 15.9 Å². The molecule has 1 aliphatic rings. The van der Waals surface area contributed by atoms with Crippen molar-refractivity contribution in [1.82, 2.24) is 0 Å². The number of ether oxygens (including phenoxy) is 1. The van der Waals surface area contributed by atoms with Crippen molar-refractivity contribution in [2.75, 3.05) is 0 Å². The molecule has 1 heterocycles. The highest BCUT2D eigenvalue weighted by molar-refractivity contribution is 9.10. The summed E-state index contributed by atoms with van der Waals surface area (Å²) in [7, 11) is -3.93. The first-order chi connectivity index (χ1) is 14.8. The maximum absolute atomic E-state index is 12.4. The molecule has 3 aromatic rings. The number of esters is 1. The highest BCUT2D eigenvalue weighted by Crippen LogP contribution is 2.23. The normalized spacial score (nSPS) is 15.0. The summed E-state index contributed by atoms with van der Waals surface area (Å²) < 4.78 is 36.1. The van der Waals surface area contributed by atoms with Gasteiger partial charge in [0.05, 0.1) is 0 Å². The number of rotatable bonds is 5. The minimum atomic E-state index is -3.93. The lowest BCUT2D eigenvalue weighted by Crippen LogP contribution is -2.09. The molecular formula is C23H16BrNO5S. The van der Waals surface area contributed by atoms with E-state index in [0.29, 0.717) is 11.1 Å². The number of hydrogen-bond acceptors (Lipinski definition) is 6. The molecule has 0 unspecified atom stereocenters. The first-order valence-electron chi connectivity index (χ1n) is 9.20. The number of carbonyl (C=O) groups is 1. The smallest absolute Gasteiger partial charge is 0.363 e. The van der Waals surface area contributed by atoms with E-state index < -0.39 is 16.1 Å². The Morgan fingerprint density at radius 3 is 2.39 bits per heavy atom. The fourth-order valence-corrected chi connectivity index (χ4v) is 4.14. The van der Waals surface area contributed by atoms with Gasteiger partial charge in [0.1, 0.15) is 10.6 Å². The highest BCUT2D eigenvalue weighted by Gasteiger charge is 2.24. The molecule has 0 spiro atoms. The number of benzene rings is 3. The quantitative estimate of drug-likeness (QED) is 0.285. The van der Waals surface area contributed by atoms with Gasteiger partial charge < -0.3 is 8.92 Å². The zero-order valence-electron chi connectivity index (χ0n) is 16.3. The molecule has 6 nitrogen and oxygen atoms in total. The number of carbonyl (C=O) groups excluding carboxylic acids is 1. The summed E-state index contributed by atoms with van der Waals surface area (Å²) in [6.07, 6.45) is 1.56. The highest BCUT2D eigenvalue weighted by atomic mass is 79.9. The van der Waals surface area contributed by atoms with Crippen LogP contribution in [0.1, 0.15) is 16.7 Å². The molecule has 31 heavy (non-hydrogen) atoms. The van der Waals surface area contributed by atoms with E-state index in [9.17, 15) is 13.2 Å². The Morgan fingerprint density at radius 1 is 1.00 bits per heavy atom. The maximum atomic E-state index is 12.4. The third kappa shape index (κ3) is 4.92. The van der Waals surface area contributed by atoms with Crippen LogP contribution in [0.2, 0.25) is 0 Å². The maximum Gasteiger partial charge on any atom is 0.363 e. The van der Waals surface area contributed by atoms with Crippen LogP contribution in [0.25, 0.3) is 6.08 Å². The van der Waals surface area contributed by atoms with E-state index in [1.807, 2.05) is 19.1 Å². The summed E-state index contributed by atoms with van der Waals surface area (Å²) in [6.45, 7) is 1.87. The van der Waals surface area contributed by atoms with E-state index in [-0.39, 0.29) is 22.2 Å². The van der Waals surface area contributed by atoms with Crippen LogP contribution in [-0.2, 0) is 19.6 Å². The number of cyclic esters (lactones) is 1. The molecule has 0 radical (unpaired) electrons. The standard InChI is InChI=1S/C23H16BrNO5S/c1-15-5-11-20(12-6-15)31(27,28)30-19-9-7-16(8-10-19)13-21-23(26)29-22(25-21)17-3-2-4-18(24)14-17/h2-14H,1H3/b21-13+. The fourth-order valence-electron chi connectivity index (χ4n) is 2.81. The molecule has 0 atom stereocenters. The van der Waals surface area contributed by atoms with Gasteiger partial charge in [0.25, 0.3) is 0 Å². The van der Waals surface area contributed by atoms with Crippen molar-refractivity contribution in [1.29, 1.82) is 0 Å². The van der Waals surface area contributed by atoms with Crippen LogP contribution in [0.5, 0.6) is 5.75 Å². The summed E-state index contributed by atoms with van der Waals surface area (Å²) in [5.41, 5.74) is 2.42. The van der Waals surface area contributed by atoms with E-state index in [1.54, 1.807) is 42.5 Å². The molecule has 0 amide bonds. The monoisotopic (exact) mass is 497 g/mol. The Bertz CT molecular complexity index is 1310. The van der Waals surface area contributed by atoms with Gasteiger partial charge in [-0.15, -0.1) is 0 Å². The van der Waals surface area contributed by atoms with Crippen molar-refractivity contribution < 1.29 is 22.1 Å². The van der Waals surface area contributed by atoms with Crippen molar-refractivity contribution >= 4 is 44.0 Å². The summed E-state index contributed by atoms with van der Waals surface area (Å²) in [4.78, 5) is 16.5. The van der Waals surface area contributed by atoms with Gasteiger partial charge in [-0.3, -0.25) is 0 Å². The summed E-state index contributed by atoms with van der Waals surface area (Å²) in [5.74, 6) is -0.172. The Kier molecular flexibility index (Phi) is 5.75. The number of halogens is 1. The average molecular weight is 498 g/mol. The first kappa shape index (κ1) is 21.0. The van der Waals surface area contributed by atoms with Crippen LogP contribution in [0.4, 0.5) is 0 Å². The lowest BCUT2D eigenvalue weighted by atomic mass is 10.2. The molecule has 0 fully saturated rings. The summed E-state index contributed by atoms with van der Waals surface area (Å²) >= 11 is 3.37. The molecule has 0 N–H and O–H groups in total. The molecule has 0 bridgehead atoms. The lowest BCUT2D eigenvalue weighted by Gasteiger charge is -2.07. The van der Waals surface area contributed by atoms with E-state index in [0.717, 1.165) is 10.0 Å². The fraction of sp³-hybridized carbons (Fsp3) is 0.0435. The van der Waals surface area contributed by atoms with Crippen LogP contribution < -0.4 is 4.18 Å². The van der Waals surface area contributed by atoms with Crippen molar-refractivity contribution in [3.8, 4) is 5.75 Å². The van der Waals surface area contributed by atoms with Gasteiger partial charge in [-0.25, -0.2) is 9.79 Å². The second kappa shape index (κ2) is 8.49. The van der Waals surface area contributed by atoms with E-state index in [4.69, 9.17) is 8.92 Å². The van der Waals surface area contributed by atoms with Gasteiger partial charge in [0.2, 0.25) is 5.90 Å². The molecule has 0 aromatic heterocycles. The number of hydrogen-bond donors (Lipinski definition) is 0. The zero-order valence-corrected chi connectivity index (χ0v) is 18.7. The predicted molar refractivity (Wildman–Crippen MR) is 120 cm³/mol. The topological polar surface area (TPSA) is 82.0 Å². The second-order valence-corrected chi connectivity index (χ2v) is 9.23. The molecule has 0 saturated carbocycles.